The molecule has 1 atom stereocenters. The number of carbonyl (C=O) groups is 1. The fourth-order valence-electron chi connectivity index (χ4n) is 2.94. The van der Waals surface area contributed by atoms with Gasteiger partial charge in [-0.3, -0.25) is 9.36 Å². The number of alkyl halides is 3. The van der Waals surface area contributed by atoms with Crippen LogP contribution in [-0.2, 0) is 13.2 Å². The Morgan fingerprint density at radius 1 is 1.34 bits per heavy atom. The summed E-state index contributed by atoms with van der Waals surface area (Å²) in [5.74, 6) is -4.22. The molecule has 15 heteroatoms. The molecule has 0 unspecified atom stereocenters. The molecule has 3 aromatic heterocycles. The maximum Gasteiger partial charge on any atom is 0.425 e. The highest BCUT2D eigenvalue weighted by Gasteiger charge is 2.39. The molecule has 0 spiro atoms. The monoisotopic (exact) mass is 518 g/mol. The molecule has 10 nitrogen and oxygen atoms in total. The Morgan fingerprint density at radius 2 is 2.03 bits per heavy atom. The molecule has 0 aliphatic rings. The molecule has 1 amide bonds. The summed E-state index contributed by atoms with van der Waals surface area (Å²) in [5.41, 5.74) is -0.989. The van der Waals surface area contributed by atoms with E-state index in [1.165, 1.54) is 12.3 Å². The highest BCUT2D eigenvalue weighted by atomic mass is 35.5. The van der Waals surface area contributed by atoms with Gasteiger partial charge in [-0.2, -0.15) is 22.8 Å². The maximum atomic E-state index is 15.0. The highest BCUT2D eigenvalue weighted by Crippen LogP contribution is 2.29. The van der Waals surface area contributed by atoms with Gasteiger partial charge in [-0.25, -0.2) is 14.2 Å². The van der Waals surface area contributed by atoms with Gasteiger partial charge in [0.05, 0.1) is 5.69 Å². The number of hydrogen-bond acceptors (Lipinski definition) is 7. The number of halogens is 5. The third kappa shape index (κ3) is 5.43. The van der Waals surface area contributed by atoms with E-state index in [-0.39, 0.29) is 23.2 Å². The van der Waals surface area contributed by atoms with E-state index < -0.39 is 53.6 Å². The van der Waals surface area contributed by atoms with Crippen LogP contribution in [0.2, 0.25) is 5.15 Å². The van der Waals surface area contributed by atoms with Crippen LogP contribution >= 0.6 is 11.6 Å². The molecule has 3 aromatic rings. The summed E-state index contributed by atoms with van der Waals surface area (Å²) in [5, 5.41) is 15.4. The lowest BCUT2D eigenvalue weighted by molar-refractivity contribution is -0.190. The number of carbonyl (C=O) groups excluding carboxylic acids is 1. The first kappa shape index (κ1) is 26.1. The Bertz CT molecular complexity index is 1320. The van der Waals surface area contributed by atoms with Crippen molar-refractivity contribution in [3.63, 3.8) is 0 Å². The van der Waals surface area contributed by atoms with E-state index in [9.17, 15) is 27.9 Å². The number of hydrogen-bond donors (Lipinski definition) is 2. The lowest BCUT2D eigenvalue weighted by Gasteiger charge is -2.19. The summed E-state index contributed by atoms with van der Waals surface area (Å²) in [6.45, 7) is 3.28. The SMILES string of the molecule is CCn1c(CO)nn(-c2nc(O[C@@H](C)C(F)(F)F)c(C(=O)Nc3cc(C)cnc3Cl)cc2F)c1=O. The molecule has 35 heavy (non-hydrogen) atoms. The highest BCUT2D eigenvalue weighted by molar-refractivity contribution is 6.32. The predicted octanol–water partition coefficient (Wildman–Crippen LogP) is 3.02. The van der Waals surface area contributed by atoms with Crippen LogP contribution in [0.1, 0.15) is 35.6 Å². The Kier molecular flexibility index (Phi) is 7.45. The largest absolute Gasteiger partial charge is 0.464 e. The Morgan fingerprint density at radius 3 is 2.60 bits per heavy atom. The summed E-state index contributed by atoms with van der Waals surface area (Å²) in [4.78, 5) is 33.0. The molecular formula is C20H19ClF4N6O4. The molecule has 0 fully saturated rings. The average Bonchev–Trinajstić information content (AvgIpc) is 3.11. The molecule has 0 saturated heterocycles. The number of rotatable bonds is 7. The van der Waals surface area contributed by atoms with E-state index in [2.05, 4.69) is 20.4 Å². The van der Waals surface area contributed by atoms with Gasteiger partial charge in [-0.05, 0) is 38.5 Å². The molecular weight excluding hydrogens is 500 g/mol. The van der Waals surface area contributed by atoms with E-state index in [4.69, 9.17) is 16.3 Å². The van der Waals surface area contributed by atoms with Crippen molar-refractivity contribution >= 4 is 23.2 Å². The fraction of sp³-hybridized carbons (Fsp3) is 0.350. The van der Waals surface area contributed by atoms with Gasteiger partial charge in [0.2, 0.25) is 5.88 Å². The van der Waals surface area contributed by atoms with Gasteiger partial charge in [0.15, 0.2) is 28.7 Å². The van der Waals surface area contributed by atoms with Crippen LogP contribution in [0.4, 0.5) is 23.2 Å². The number of aliphatic hydroxyl groups is 1. The van der Waals surface area contributed by atoms with Crippen molar-refractivity contribution < 1.29 is 32.2 Å². The number of pyridine rings is 2. The van der Waals surface area contributed by atoms with Crippen LogP contribution in [0.5, 0.6) is 5.88 Å². The number of amides is 1. The van der Waals surface area contributed by atoms with E-state index in [0.717, 1.165) is 4.57 Å². The van der Waals surface area contributed by atoms with Crippen molar-refractivity contribution in [3.8, 4) is 11.7 Å². The normalized spacial score (nSPS) is 12.5. The molecule has 3 rings (SSSR count). The molecule has 0 radical (unpaired) electrons. The van der Waals surface area contributed by atoms with Gasteiger partial charge >= 0.3 is 11.9 Å². The Labute approximate surface area is 200 Å². The zero-order valence-corrected chi connectivity index (χ0v) is 19.3. The minimum atomic E-state index is -4.85. The van der Waals surface area contributed by atoms with Crippen molar-refractivity contribution in [2.75, 3.05) is 5.32 Å². The van der Waals surface area contributed by atoms with Crippen molar-refractivity contribution in [1.82, 2.24) is 24.3 Å². The van der Waals surface area contributed by atoms with Crippen molar-refractivity contribution in [2.24, 2.45) is 0 Å². The van der Waals surface area contributed by atoms with Gasteiger partial charge in [-0.15, -0.1) is 5.10 Å². The summed E-state index contributed by atoms with van der Waals surface area (Å²) in [7, 11) is 0. The molecule has 3 heterocycles. The number of nitrogens with zero attached hydrogens (tertiary/aromatic N) is 5. The minimum absolute atomic E-state index is 0.0152. The van der Waals surface area contributed by atoms with E-state index in [1.807, 2.05) is 0 Å². The summed E-state index contributed by atoms with van der Waals surface area (Å²) in [6, 6.07) is 2.00. The molecule has 0 aromatic carbocycles. The first-order valence-electron chi connectivity index (χ1n) is 10.0. The van der Waals surface area contributed by atoms with Gasteiger partial charge in [0.25, 0.3) is 5.91 Å². The molecule has 0 aliphatic heterocycles. The van der Waals surface area contributed by atoms with Crippen LogP contribution in [0.3, 0.4) is 0 Å². The zero-order valence-electron chi connectivity index (χ0n) is 18.5. The van der Waals surface area contributed by atoms with Crippen LogP contribution in [-0.4, -0.2) is 47.6 Å². The summed E-state index contributed by atoms with van der Waals surface area (Å²) < 4.78 is 60.9. The van der Waals surface area contributed by atoms with Gasteiger partial charge < -0.3 is 15.2 Å². The lowest BCUT2D eigenvalue weighted by Crippen LogP contribution is -2.33. The molecule has 188 valence electrons. The smallest absolute Gasteiger partial charge is 0.425 e. The van der Waals surface area contributed by atoms with Gasteiger partial charge in [0.1, 0.15) is 12.2 Å². The second-order valence-corrected chi connectivity index (χ2v) is 7.62. The zero-order chi connectivity index (χ0) is 26.1. The van der Waals surface area contributed by atoms with E-state index in [0.29, 0.717) is 23.2 Å². The topological polar surface area (TPSA) is 124 Å². The molecule has 0 aliphatic carbocycles. The van der Waals surface area contributed by atoms with Crippen molar-refractivity contribution in [1.29, 1.82) is 0 Å². The van der Waals surface area contributed by atoms with Gasteiger partial charge in [0, 0.05) is 12.7 Å². The second-order valence-electron chi connectivity index (χ2n) is 7.27. The van der Waals surface area contributed by atoms with Crippen molar-refractivity contribution in [2.45, 2.75) is 46.2 Å². The van der Waals surface area contributed by atoms with Crippen LogP contribution in [0, 0.1) is 12.7 Å². The minimum Gasteiger partial charge on any atom is -0.464 e. The average molecular weight is 519 g/mol. The number of ether oxygens (including phenoxy) is 1. The second kappa shape index (κ2) is 10.00. The van der Waals surface area contributed by atoms with Crippen molar-refractivity contribution in [3.05, 3.63) is 56.7 Å². The quantitative estimate of drug-likeness (QED) is 0.364. The number of aliphatic hydroxyl groups excluding tert-OH is 1. The third-order valence-corrected chi connectivity index (χ3v) is 5.04. The van der Waals surface area contributed by atoms with E-state index >= 15 is 4.39 Å². The number of aryl methyl sites for hydroxylation is 1. The molecule has 2 N–H and O–H groups in total. The van der Waals surface area contributed by atoms with E-state index in [1.54, 1.807) is 13.8 Å². The molecule has 0 saturated carbocycles. The maximum absolute atomic E-state index is 15.0. The van der Waals surface area contributed by atoms with Crippen LogP contribution in [0.15, 0.2) is 23.1 Å². The van der Waals surface area contributed by atoms with Gasteiger partial charge in [-0.1, -0.05) is 11.6 Å². The number of nitrogens with one attached hydrogen (secondary N) is 1. The molecule has 0 bridgehead atoms. The summed E-state index contributed by atoms with van der Waals surface area (Å²) >= 11 is 5.95. The van der Waals surface area contributed by atoms with Crippen LogP contribution < -0.4 is 15.7 Å². The Hall–Kier alpha value is -3.52. The Balaban J connectivity index is 2.14. The predicted molar refractivity (Wildman–Crippen MR) is 115 cm³/mol. The van der Waals surface area contributed by atoms with Crippen LogP contribution in [0.25, 0.3) is 5.82 Å². The fourth-order valence-corrected chi connectivity index (χ4v) is 3.09. The summed E-state index contributed by atoms with van der Waals surface area (Å²) in [6.07, 6.45) is -5.87. The first-order chi connectivity index (χ1) is 16.4. The number of anilines is 1. The standard InChI is InChI=1S/C20H19ClF4N6O4/c1-4-30-14(8-32)29-31(19(30)34)16-12(22)6-11(18(28-16)35-10(3)20(23,24)25)17(33)27-13-5-9(2)7-26-15(13)21/h5-7,10,32H,4,8H2,1-3H3,(H,27,33)/t10-/m0/s1. The first-order valence-corrected chi connectivity index (χ1v) is 10.4. The third-order valence-electron chi connectivity index (χ3n) is 4.74. The number of aromatic nitrogens is 5. The lowest BCUT2D eigenvalue weighted by atomic mass is 10.2.